The predicted molar refractivity (Wildman–Crippen MR) is 86.2 cm³/mol. The third-order valence-electron chi connectivity index (χ3n) is 4.11. The lowest BCUT2D eigenvalue weighted by Gasteiger charge is -2.35. The molecule has 1 fully saturated rings. The van der Waals surface area contributed by atoms with Gasteiger partial charge in [-0.05, 0) is 18.2 Å². The summed E-state index contributed by atoms with van der Waals surface area (Å²) in [6.45, 7) is 2.88. The van der Waals surface area contributed by atoms with Crippen molar-refractivity contribution in [3.05, 3.63) is 48.7 Å². The lowest BCUT2D eigenvalue weighted by atomic mass is 10.1. The van der Waals surface area contributed by atoms with Crippen LogP contribution in [0.1, 0.15) is 10.4 Å². The number of nitrogens with zero attached hydrogens (tertiary/aromatic N) is 5. The molecule has 0 spiro atoms. The van der Waals surface area contributed by atoms with Gasteiger partial charge >= 0.3 is 0 Å². The number of piperazine rings is 1. The second-order valence-corrected chi connectivity index (χ2v) is 5.48. The van der Waals surface area contributed by atoms with Gasteiger partial charge in [-0.25, -0.2) is 9.97 Å². The zero-order valence-corrected chi connectivity index (χ0v) is 12.5. The highest BCUT2D eigenvalue weighted by Crippen LogP contribution is 2.16. The van der Waals surface area contributed by atoms with Crippen LogP contribution in [0, 0.1) is 0 Å². The number of benzene rings is 1. The van der Waals surface area contributed by atoms with Crippen LogP contribution in [0.4, 0.5) is 5.82 Å². The molecular formula is C16H16N6O. The molecule has 7 nitrogen and oxygen atoms in total. The average molecular weight is 308 g/mol. The second kappa shape index (κ2) is 5.68. The van der Waals surface area contributed by atoms with E-state index >= 15 is 0 Å². The van der Waals surface area contributed by atoms with Gasteiger partial charge in [-0.3, -0.25) is 9.78 Å². The van der Waals surface area contributed by atoms with Gasteiger partial charge in [0, 0.05) is 44.1 Å². The summed E-state index contributed by atoms with van der Waals surface area (Å²) in [4.78, 5) is 32.3. The molecule has 116 valence electrons. The zero-order chi connectivity index (χ0) is 15.6. The van der Waals surface area contributed by atoms with Crippen LogP contribution in [0.25, 0.3) is 11.0 Å². The van der Waals surface area contributed by atoms with Gasteiger partial charge < -0.3 is 14.8 Å². The SMILES string of the molecule is O=C(c1ccc2nc[nH]c2c1)N1CCN(c2cnccn2)CC1. The summed E-state index contributed by atoms with van der Waals surface area (Å²) in [5, 5.41) is 0. The molecule has 0 unspecified atom stereocenters. The second-order valence-electron chi connectivity index (χ2n) is 5.48. The summed E-state index contributed by atoms with van der Waals surface area (Å²) in [6, 6.07) is 5.56. The molecule has 1 saturated heterocycles. The van der Waals surface area contributed by atoms with Gasteiger partial charge in [-0.2, -0.15) is 0 Å². The van der Waals surface area contributed by atoms with Crippen molar-refractivity contribution in [2.24, 2.45) is 0 Å². The van der Waals surface area contributed by atoms with E-state index in [4.69, 9.17) is 0 Å². The normalized spacial score (nSPS) is 15.1. The fourth-order valence-electron chi connectivity index (χ4n) is 2.84. The Labute approximate surface area is 133 Å². The molecule has 1 amide bonds. The number of nitrogens with one attached hydrogen (secondary N) is 1. The Balaban J connectivity index is 1.46. The maximum atomic E-state index is 12.7. The van der Waals surface area contributed by atoms with Crippen LogP contribution >= 0.6 is 0 Å². The van der Waals surface area contributed by atoms with E-state index in [1.54, 1.807) is 24.9 Å². The molecule has 2 aromatic heterocycles. The number of anilines is 1. The Morgan fingerprint density at radius 3 is 2.74 bits per heavy atom. The molecule has 0 saturated carbocycles. The third kappa shape index (κ3) is 2.61. The first-order valence-electron chi connectivity index (χ1n) is 7.54. The van der Waals surface area contributed by atoms with Crippen LogP contribution in [0.2, 0.25) is 0 Å². The van der Waals surface area contributed by atoms with Crippen molar-refractivity contribution in [2.45, 2.75) is 0 Å². The minimum absolute atomic E-state index is 0.0558. The van der Waals surface area contributed by atoms with E-state index in [1.165, 1.54) is 0 Å². The first-order valence-corrected chi connectivity index (χ1v) is 7.54. The van der Waals surface area contributed by atoms with Crippen molar-refractivity contribution in [1.82, 2.24) is 24.8 Å². The molecule has 0 bridgehead atoms. The summed E-state index contributed by atoms with van der Waals surface area (Å²) < 4.78 is 0. The minimum atomic E-state index is 0.0558. The molecule has 3 aromatic rings. The number of carbonyl (C=O) groups is 1. The van der Waals surface area contributed by atoms with Crippen LogP contribution in [-0.2, 0) is 0 Å². The number of imidazole rings is 1. The molecule has 3 heterocycles. The van der Waals surface area contributed by atoms with Gasteiger partial charge in [0.05, 0.1) is 23.6 Å². The van der Waals surface area contributed by atoms with Crippen molar-refractivity contribution in [3.63, 3.8) is 0 Å². The highest BCUT2D eigenvalue weighted by Gasteiger charge is 2.23. The number of aromatic nitrogens is 4. The molecule has 1 aliphatic rings. The lowest BCUT2D eigenvalue weighted by molar-refractivity contribution is 0.0746. The van der Waals surface area contributed by atoms with Gasteiger partial charge in [0.1, 0.15) is 5.82 Å². The van der Waals surface area contributed by atoms with Crippen molar-refractivity contribution in [3.8, 4) is 0 Å². The Bertz CT molecular complexity index is 823. The van der Waals surface area contributed by atoms with Gasteiger partial charge in [0.15, 0.2) is 0 Å². The summed E-state index contributed by atoms with van der Waals surface area (Å²) in [6.07, 6.45) is 6.74. The monoisotopic (exact) mass is 308 g/mol. The molecule has 1 N–H and O–H groups in total. The molecule has 0 atom stereocenters. The number of hydrogen-bond donors (Lipinski definition) is 1. The van der Waals surface area contributed by atoms with E-state index in [9.17, 15) is 4.79 Å². The molecule has 1 aromatic carbocycles. The smallest absolute Gasteiger partial charge is 0.254 e. The fraction of sp³-hybridized carbons (Fsp3) is 0.250. The quantitative estimate of drug-likeness (QED) is 0.772. The maximum absolute atomic E-state index is 12.7. The number of rotatable bonds is 2. The number of fused-ring (bicyclic) bond motifs is 1. The fourth-order valence-corrected chi connectivity index (χ4v) is 2.84. The average Bonchev–Trinajstić information content (AvgIpc) is 3.10. The van der Waals surface area contributed by atoms with Crippen LogP contribution in [-0.4, -0.2) is 56.9 Å². The van der Waals surface area contributed by atoms with Crippen molar-refractivity contribution >= 4 is 22.8 Å². The Hall–Kier alpha value is -2.96. The predicted octanol–water partition coefficient (Wildman–Crippen LogP) is 1.32. The van der Waals surface area contributed by atoms with E-state index < -0.39 is 0 Å². The summed E-state index contributed by atoms with van der Waals surface area (Å²) >= 11 is 0. The highest BCUT2D eigenvalue weighted by atomic mass is 16.2. The van der Waals surface area contributed by atoms with Crippen molar-refractivity contribution in [2.75, 3.05) is 31.1 Å². The molecule has 0 aliphatic carbocycles. The van der Waals surface area contributed by atoms with Crippen LogP contribution < -0.4 is 4.90 Å². The largest absolute Gasteiger partial charge is 0.352 e. The maximum Gasteiger partial charge on any atom is 0.254 e. The Morgan fingerprint density at radius 2 is 1.96 bits per heavy atom. The first-order chi connectivity index (χ1) is 11.3. The van der Waals surface area contributed by atoms with Gasteiger partial charge in [-0.15, -0.1) is 0 Å². The standard InChI is InChI=1S/C16H16N6O/c23-16(12-1-2-13-14(9-12)20-11-19-13)22-7-5-21(6-8-22)15-10-17-3-4-18-15/h1-4,9-11H,5-8H2,(H,19,20). The molecule has 0 radical (unpaired) electrons. The summed E-state index contributed by atoms with van der Waals surface area (Å²) in [7, 11) is 0. The summed E-state index contributed by atoms with van der Waals surface area (Å²) in [5.41, 5.74) is 2.44. The molecular weight excluding hydrogens is 292 g/mol. The van der Waals surface area contributed by atoms with Crippen LogP contribution in [0.15, 0.2) is 43.1 Å². The van der Waals surface area contributed by atoms with Gasteiger partial charge in [0.2, 0.25) is 0 Å². The minimum Gasteiger partial charge on any atom is -0.352 e. The number of H-pyrrole nitrogens is 1. The molecule has 1 aliphatic heterocycles. The number of hydrogen-bond acceptors (Lipinski definition) is 5. The molecule has 23 heavy (non-hydrogen) atoms. The Morgan fingerprint density at radius 1 is 1.09 bits per heavy atom. The first kappa shape index (κ1) is 13.7. The van der Waals surface area contributed by atoms with E-state index in [2.05, 4.69) is 24.8 Å². The number of aromatic amines is 1. The number of carbonyl (C=O) groups excluding carboxylic acids is 1. The van der Waals surface area contributed by atoms with Crippen molar-refractivity contribution in [1.29, 1.82) is 0 Å². The van der Waals surface area contributed by atoms with E-state index in [0.29, 0.717) is 18.7 Å². The van der Waals surface area contributed by atoms with E-state index in [1.807, 2.05) is 23.1 Å². The molecule has 4 rings (SSSR count). The third-order valence-corrected chi connectivity index (χ3v) is 4.11. The zero-order valence-electron chi connectivity index (χ0n) is 12.5. The van der Waals surface area contributed by atoms with Crippen LogP contribution in [0.5, 0.6) is 0 Å². The van der Waals surface area contributed by atoms with Crippen LogP contribution in [0.3, 0.4) is 0 Å². The van der Waals surface area contributed by atoms with E-state index in [0.717, 1.165) is 29.9 Å². The Kier molecular flexibility index (Phi) is 3.38. The van der Waals surface area contributed by atoms with Crippen molar-refractivity contribution < 1.29 is 4.79 Å². The van der Waals surface area contributed by atoms with Gasteiger partial charge in [0.25, 0.3) is 5.91 Å². The summed E-state index contributed by atoms with van der Waals surface area (Å²) in [5.74, 6) is 0.916. The topological polar surface area (TPSA) is 78.0 Å². The number of amides is 1. The highest BCUT2D eigenvalue weighted by molar-refractivity contribution is 5.97. The van der Waals surface area contributed by atoms with Gasteiger partial charge in [-0.1, -0.05) is 0 Å². The molecule has 7 heteroatoms. The lowest BCUT2D eigenvalue weighted by Crippen LogP contribution is -2.49. The van der Waals surface area contributed by atoms with E-state index in [-0.39, 0.29) is 5.91 Å².